The first-order chi connectivity index (χ1) is 15.4. The number of ether oxygens (including phenoxy) is 2. The molecule has 3 rings (SSSR count). The molecule has 0 bridgehead atoms. The minimum absolute atomic E-state index is 0.143. The molecule has 0 heterocycles. The minimum atomic E-state index is -0.212. The van der Waals surface area contributed by atoms with Crippen LogP contribution in [0.4, 0.5) is 4.39 Å². The molecule has 0 spiro atoms. The summed E-state index contributed by atoms with van der Waals surface area (Å²) in [7, 11) is 0. The van der Waals surface area contributed by atoms with Crippen molar-refractivity contribution >= 4 is 0 Å². The van der Waals surface area contributed by atoms with Crippen molar-refractivity contribution in [2.45, 2.75) is 58.8 Å². The molecule has 0 aliphatic rings. The van der Waals surface area contributed by atoms with Gasteiger partial charge in [-0.25, -0.2) is 4.39 Å². The summed E-state index contributed by atoms with van der Waals surface area (Å²) in [6.45, 7) is 9.73. The summed E-state index contributed by atoms with van der Waals surface area (Å²) < 4.78 is 25.0. The van der Waals surface area contributed by atoms with Gasteiger partial charge in [-0.15, -0.1) is 0 Å². The molecule has 0 fully saturated rings. The Balaban J connectivity index is 1.62. The van der Waals surface area contributed by atoms with E-state index in [-0.39, 0.29) is 23.9 Å². The van der Waals surface area contributed by atoms with Gasteiger partial charge in [-0.05, 0) is 93.7 Å². The number of benzene rings is 3. The summed E-state index contributed by atoms with van der Waals surface area (Å²) in [4.78, 5) is 0. The molecular weight excluding hydrogens is 401 g/mol. The highest BCUT2D eigenvalue weighted by atomic mass is 19.1. The van der Waals surface area contributed by atoms with E-state index in [1.165, 1.54) is 23.3 Å². The second-order valence-corrected chi connectivity index (χ2v) is 8.62. The second kappa shape index (κ2) is 11.7. The molecule has 4 heteroatoms. The Morgan fingerprint density at radius 2 is 1.16 bits per heavy atom. The fourth-order valence-electron chi connectivity index (χ4n) is 3.71. The molecule has 0 amide bonds. The van der Waals surface area contributed by atoms with Gasteiger partial charge < -0.3 is 14.8 Å². The van der Waals surface area contributed by atoms with Gasteiger partial charge in [0.15, 0.2) is 0 Å². The summed E-state index contributed by atoms with van der Waals surface area (Å²) in [5, 5.41) is 3.54. The van der Waals surface area contributed by atoms with Crippen LogP contribution in [0.3, 0.4) is 0 Å². The first-order valence-electron chi connectivity index (χ1n) is 11.4. The van der Waals surface area contributed by atoms with E-state index in [0.717, 1.165) is 36.6 Å². The van der Waals surface area contributed by atoms with Gasteiger partial charge in [0.1, 0.15) is 17.3 Å². The fourth-order valence-corrected chi connectivity index (χ4v) is 3.71. The number of hydrogen-bond donors (Lipinski definition) is 1. The monoisotopic (exact) mass is 435 g/mol. The zero-order valence-electron chi connectivity index (χ0n) is 19.5. The lowest BCUT2D eigenvalue weighted by Gasteiger charge is -2.19. The second-order valence-electron chi connectivity index (χ2n) is 8.62. The quantitative estimate of drug-likeness (QED) is 0.340. The lowest BCUT2D eigenvalue weighted by molar-refractivity contribution is 0.242. The molecule has 1 atom stereocenters. The molecule has 0 saturated carbocycles. The number of rotatable bonds is 11. The third kappa shape index (κ3) is 7.38. The molecule has 3 aromatic carbocycles. The highest BCUT2D eigenvalue weighted by Gasteiger charge is 2.15. The lowest BCUT2D eigenvalue weighted by Crippen LogP contribution is -2.18. The van der Waals surface area contributed by atoms with Crippen molar-refractivity contribution in [1.29, 1.82) is 0 Å². The van der Waals surface area contributed by atoms with E-state index in [4.69, 9.17) is 9.47 Å². The van der Waals surface area contributed by atoms with Gasteiger partial charge in [0.25, 0.3) is 0 Å². The van der Waals surface area contributed by atoms with Gasteiger partial charge in [0.2, 0.25) is 0 Å². The summed E-state index contributed by atoms with van der Waals surface area (Å²) in [5.74, 6) is 1.73. The standard InChI is InChI=1S/C28H34FNO2/c1-20(2)31-26-13-5-22(6-14-26)19-30-18-17-28(23-7-11-25(29)12-8-23)24-9-15-27(16-10-24)32-21(3)4/h5-16,20-21,28,30H,17-19H2,1-4H3/t28-/m0/s1. The van der Waals surface area contributed by atoms with Gasteiger partial charge in [-0.1, -0.05) is 36.4 Å². The molecule has 0 aliphatic heterocycles. The minimum Gasteiger partial charge on any atom is -0.491 e. The Morgan fingerprint density at radius 3 is 1.66 bits per heavy atom. The Bertz CT molecular complexity index is 935. The normalized spacial score (nSPS) is 12.2. The SMILES string of the molecule is CC(C)Oc1ccc(CNCC[C@@H](c2ccc(F)cc2)c2ccc(OC(C)C)cc2)cc1. The van der Waals surface area contributed by atoms with Crippen molar-refractivity contribution in [1.82, 2.24) is 5.32 Å². The molecule has 0 saturated heterocycles. The number of hydrogen-bond acceptors (Lipinski definition) is 3. The molecule has 170 valence electrons. The molecule has 32 heavy (non-hydrogen) atoms. The molecule has 3 nitrogen and oxygen atoms in total. The third-order valence-electron chi connectivity index (χ3n) is 5.16. The van der Waals surface area contributed by atoms with Crippen molar-refractivity contribution in [3.8, 4) is 11.5 Å². The Kier molecular flexibility index (Phi) is 8.69. The van der Waals surface area contributed by atoms with E-state index in [1.54, 1.807) is 0 Å². The van der Waals surface area contributed by atoms with Crippen LogP contribution in [-0.4, -0.2) is 18.8 Å². The van der Waals surface area contributed by atoms with Crippen LogP contribution in [0.2, 0.25) is 0 Å². The highest BCUT2D eigenvalue weighted by molar-refractivity contribution is 5.36. The average Bonchev–Trinajstić information content (AvgIpc) is 2.76. The average molecular weight is 436 g/mol. The zero-order valence-corrected chi connectivity index (χ0v) is 19.5. The molecule has 0 aliphatic carbocycles. The van der Waals surface area contributed by atoms with E-state index in [1.807, 2.05) is 64.1 Å². The first-order valence-corrected chi connectivity index (χ1v) is 11.4. The molecule has 0 unspecified atom stereocenters. The molecule has 3 aromatic rings. The summed E-state index contributed by atoms with van der Waals surface area (Å²) in [6.07, 6.45) is 1.22. The summed E-state index contributed by atoms with van der Waals surface area (Å²) in [6, 6.07) is 23.3. The van der Waals surface area contributed by atoms with Crippen LogP contribution in [0, 0.1) is 5.82 Å². The predicted molar refractivity (Wildman–Crippen MR) is 129 cm³/mol. The van der Waals surface area contributed by atoms with Crippen LogP contribution < -0.4 is 14.8 Å². The summed E-state index contributed by atoms with van der Waals surface area (Å²) in [5.41, 5.74) is 3.53. The van der Waals surface area contributed by atoms with Crippen molar-refractivity contribution in [2.24, 2.45) is 0 Å². The third-order valence-corrected chi connectivity index (χ3v) is 5.16. The molecule has 1 N–H and O–H groups in total. The van der Waals surface area contributed by atoms with Gasteiger partial charge in [0.05, 0.1) is 12.2 Å². The smallest absolute Gasteiger partial charge is 0.123 e. The number of halogens is 1. The van der Waals surface area contributed by atoms with Crippen LogP contribution in [-0.2, 0) is 6.54 Å². The number of nitrogens with one attached hydrogen (secondary N) is 1. The lowest BCUT2D eigenvalue weighted by atomic mass is 9.88. The molecular formula is C28H34FNO2. The fraction of sp³-hybridized carbons (Fsp3) is 0.357. The van der Waals surface area contributed by atoms with Crippen LogP contribution in [0.15, 0.2) is 72.8 Å². The van der Waals surface area contributed by atoms with Crippen molar-refractivity contribution in [2.75, 3.05) is 6.54 Å². The molecule has 0 radical (unpaired) electrons. The van der Waals surface area contributed by atoms with E-state index in [9.17, 15) is 4.39 Å². The Hall–Kier alpha value is -2.85. The van der Waals surface area contributed by atoms with Crippen molar-refractivity contribution < 1.29 is 13.9 Å². The van der Waals surface area contributed by atoms with Gasteiger partial charge in [-0.2, -0.15) is 0 Å². The highest BCUT2D eigenvalue weighted by Crippen LogP contribution is 2.29. The van der Waals surface area contributed by atoms with Gasteiger partial charge in [0, 0.05) is 12.5 Å². The van der Waals surface area contributed by atoms with Crippen LogP contribution in [0.1, 0.15) is 56.7 Å². The van der Waals surface area contributed by atoms with Crippen molar-refractivity contribution in [3.05, 3.63) is 95.3 Å². The maximum atomic E-state index is 13.5. The molecule has 0 aromatic heterocycles. The Labute approximate surface area is 191 Å². The van der Waals surface area contributed by atoms with Gasteiger partial charge in [-0.3, -0.25) is 0 Å². The Morgan fingerprint density at radius 1 is 0.688 bits per heavy atom. The van der Waals surface area contributed by atoms with Crippen LogP contribution >= 0.6 is 0 Å². The zero-order chi connectivity index (χ0) is 22.9. The predicted octanol–water partition coefficient (Wildman–Crippen LogP) is 6.71. The van der Waals surface area contributed by atoms with Crippen molar-refractivity contribution in [3.63, 3.8) is 0 Å². The first kappa shape index (κ1) is 23.8. The van der Waals surface area contributed by atoms with Crippen LogP contribution in [0.25, 0.3) is 0 Å². The van der Waals surface area contributed by atoms with E-state index >= 15 is 0 Å². The summed E-state index contributed by atoms with van der Waals surface area (Å²) >= 11 is 0. The van der Waals surface area contributed by atoms with E-state index in [2.05, 4.69) is 29.6 Å². The maximum absolute atomic E-state index is 13.5. The van der Waals surface area contributed by atoms with Gasteiger partial charge >= 0.3 is 0 Å². The van der Waals surface area contributed by atoms with E-state index in [0.29, 0.717) is 0 Å². The maximum Gasteiger partial charge on any atom is 0.123 e. The van der Waals surface area contributed by atoms with Crippen LogP contribution in [0.5, 0.6) is 11.5 Å². The topological polar surface area (TPSA) is 30.5 Å². The van der Waals surface area contributed by atoms with E-state index < -0.39 is 0 Å². The largest absolute Gasteiger partial charge is 0.491 e.